The number of carbonyl (C=O) groups is 1. The van der Waals surface area contributed by atoms with Crippen LogP contribution < -0.4 is 5.32 Å². The fraction of sp³-hybridized carbons (Fsp3) is 0.333. The van der Waals surface area contributed by atoms with E-state index in [0.29, 0.717) is 5.69 Å². The van der Waals surface area contributed by atoms with E-state index in [1.807, 2.05) is 52.0 Å². The van der Waals surface area contributed by atoms with E-state index in [4.69, 9.17) is 0 Å². The molecular formula is C15H21N3O. The number of nitrogens with zero attached hydrogens (tertiary/aromatic N) is 2. The predicted molar refractivity (Wildman–Crippen MR) is 77.8 cm³/mol. The Morgan fingerprint density at radius 2 is 1.74 bits per heavy atom. The van der Waals surface area contributed by atoms with Gasteiger partial charge in [-0.1, -0.05) is 31.5 Å². The van der Waals surface area contributed by atoms with Crippen LogP contribution in [0.3, 0.4) is 0 Å². The third kappa shape index (κ3) is 3.44. The number of carbonyl (C=O) groups excluding carboxylic acids is 1. The number of hydrogen-bond donors (Lipinski definition) is 1. The van der Waals surface area contributed by atoms with Gasteiger partial charge in [0.1, 0.15) is 0 Å². The highest BCUT2D eigenvalue weighted by Crippen LogP contribution is 2.12. The van der Waals surface area contributed by atoms with E-state index in [1.54, 1.807) is 17.8 Å². The molecule has 0 fully saturated rings. The zero-order valence-corrected chi connectivity index (χ0v) is 12.2. The Balaban J connectivity index is 0.000000861. The minimum atomic E-state index is -0.168. The molecule has 2 aromatic rings. The summed E-state index contributed by atoms with van der Waals surface area (Å²) in [4.78, 5) is 11.5. The quantitative estimate of drug-likeness (QED) is 0.901. The van der Waals surface area contributed by atoms with Crippen molar-refractivity contribution in [2.75, 3.05) is 7.05 Å². The van der Waals surface area contributed by atoms with E-state index < -0.39 is 0 Å². The first-order chi connectivity index (χ1) is 9.11. The topological polar surface area (TPSA) is 46.9 Å². The minimum absolute atomic E-state index is 0.168. The van der Waals surface area contributed by atoms with Gasteiger partial charge in [-0.3, -0.25) is 4.79 Å². The highest BCUT2D eigenvalue weighted by atomic mass is 16.1. The molecule has 19 heavy (non-hydrogen) atoms. The highest BCUT2D eigenvalue weighted by molar-refractivity contribution is 5.92. The maximum absolute atomic E-state index is 11.5. The molecule has 2 rings (SSSR count). The Hall–Kier alpha value is -2.10. The summed E-state index contributed by atoms with van der Waals surface area (Å²) in [5.41, 5.74) is 3.53. The highest BCUT2D eigenvalue weighted by Gasteiger charge is 2.11. The largest absolute Gasteiger partial charge is 0.354 e. The average Bonchev–Trinajstić information content (AvgIpc) is 2.83. The lowest BCUT2D eigenvalue weighted by molar-refractivity contribution is 0.0957. The van der Waals surface area contributed by atoms with Gasteiger partial charge in [0.2, 0.25) is 0 Å². The van der Waals surface area contributed by atoms with Crippen molar-refractivity contribution in [2.24, 2.45) is 0 Å². The third-order valence-electron chi connectivity index (χ3n) is 2.63. The molecule has 0 saturated heterocycles. The van der Waals surface area contributed by atoms with Crippen LogP contribution in [-0.2, 0) is 0 Å². The second kappa shape index (κ2) is 6.73. The second-order valence-corrected chi connectivity index (χ2v) is 4.00. The normalized spacial score (nSPS) is 9.53. The summed E-state index contributed by atoms with van der Waals surface area (Å²) in [6.07, 6.45) is 0. The van der Waals surface area contributed by atoms with Crippen LogP contribution >= 0.6 is 0 Å². The Kier molecular flexibility index (Phi) is 5.30. The van der Waals surface area contributed by atoms with E-state index >= 15 is 0 Å². The third-order valence-corrected chi connectivity index (χ3v) is 2.63. The van der Waals surface area contributed by atoms with Crippen molar-refractivity contribution in [3.63, 3.8) is 0 Å². The van der Waals surface area contributed by atoms with E-state index in [2.05, 4.69) is 10.4 Å². The standard InChI is InChI=1S/C13H15N3O.C2H6/c1-9-4-6-11(7-5-9)16-10(2)8-12(15-16)13(17)14-3;1-2/h4-8H,1-3H3,(H,14,17);1-2H3. The van der Waals surface area contributed by atoms with Crippen molar-refractivity contribution in [3.8, 4) is 5.69 Å². The Morgan fingerprint density at radius 3 is 2.26 bits per heavy atom. The fourth-order valence-corrected chi connectivity index (χ4v) is 1.66. The molecule has 1 aromatic carbocycles. The van der Waals surface area contributed by atoms with Crippen LogP contribution in [0.4, 0.5) is 0 Å². The van der Waals surface area contributed by atoms with Gasteiger partial charge in [-0.25, -0.2) is 4.68 Å². The molecule has 0 atom stereocenters. The molecule has 0 radical (unpaired) electrons. The molecule has 1 heterocycles. The van der Waals surface area contributed by atoms with Gasteiger partial charge in [0.25, 0.3) is 5.91 Å². The molecule has 0 bridgehead atoms. The molecule has 4 heteroatoms. The molecule has 1 aromatic heterocycles. The summed E-state index contributed by atoms with van der Waals surface area (Å²) in [6, 6.07) is 9.80. The number of amides is 1. The zero-order valence-electron chi connectivity index (χ0n) is 12.2. The van der Waals surface area contributed by atoms with Gasteiger partial charge in [-0.15, -0.1) is 0 Å². The zero-order chi connectivity index (χ0) is 14.4. The summed E-state index contributed by atoms with van der Waals surface area (Å²) < 4.78 is 1.77. The Labute approximate surface area is 114 Å². The molecular weight excluding hydrogens is 238 g/mol. The maximum atomic E-state index is 11.5. The molecule has 0 aliphatic rings. The van der Waals surface area contributed by atoms with Crippen LogP contribution in [0.25, 0.3) is 5.69 Å². The summed E-state index contributed by atoms with van der Waals surface area (Å²) in [5, 5.41) is 6.85. The second-order valence-electron chi connectivity index (χ2n) is 4.00. The lowest BCUT2D eigenvalue weighted by Crippen LogP contribution is -2.18. The van der Waals surface area contributed by atoms with Crippen molar-refractivity contribution >= 4 is 5.91 Å². The number of rotatable bonds is 2. The molecule has 0 aliphatic heterocycles. The summed E-state index contributed by atoms with van der Waals surface area (Å²) >= 11 is 0. The number of benzene rings is 1. The van der Waals surface area contributed by atoms with Crippen LogP contribution in [0.1, 0.15) is 35.6 Å². The molecule has 0 spiro atoms. The van der Waals surface area contributed by atoms with E-state index in [9.17, 15) is 4.79 Å². The van der Waals surface area contributed by atoms with Crippen LogP contribution in [0, 0.1) is 13.8 Å². The van der Waals surface area contributed by atoms with Crippen LogP contribution in [0.5, 0.6) is 0 Å². The molecule has 0 aliphatic carbocycles. The van der Waals surface area contributed by atoms with Gasteiger partial charge in [-0.05, 0) is 32.0 Å². The monoisotopic (exact) mass is 259 g/mol. The van der Waals surface area contributed by atoms with Crippen LogP contribution in [0.15, 0.2) is 30.3 Å². The van der Waals surface area contributed by atoms with E-state index in [-0.39, 0.29) is 5.91 Å². The predicted octanol–water partition coefficient (Wildman–Crippen LogP) is 2.87. The Morgan fingerprint density at radius 1 is 1.16 bits per heavy atom. The van der Waals surface area contributed by atoms with Crippen LogP contribution in [-0.4, -0.2) is 22.7 Å². The van der Waals surface area contributed by atoms with E-state index in [0.717, 1.165) is 11.4 Å². The van der Waals surface area contributed by atoms with Gasteiger partial charge in [0, 0.05) is 12.7 Å². The molecule has 0 unspecified atom stereocenters. The number of nitrogens with one attached hydrogen (secondary N) is 1. The van der Waals surface area contributed by atoms with Crippen molar-refractivity contribution in [3.05, 3.63) is 47.3 Å². The minimum Gasteiger partial charge on any atom is -0.354 e. The van der Waals surface area contributed by atoms with Crippen LogP contribution in [0.2, 0.25) is 0 Å². The first-order valence-corrected chi connectivity index (χ1v) is 6.47. The maximum Gasteiger partial charge on any atom is 0.271 e. The number of aryl methyl sites for hydroxylation is 2. The first-order valence-electron chi connectivity index (χ1n) is 6.47. The molecule has 0 saturated carbocycles. The van der Waals surface area contributed by atoms with Gasteiger partial charge in [0.05, 0.1) is 5.69 Å². The van der Waals surface area contributed by atoms with Gasteiger partial charge in [-0.2, -0.15) is 5.10 Å². The summed E-state index contributed by atoms with van der Waals surface area (Å²) in [6.45, 7) is 7.97. The Bertz CT molecular complexity index is 541. The first kappa shape index (κ1) is 15.0. The van der Waals surface area contributed by atoms with Crippen molar-refractivity contribution in [2.45, 2.75) is 27.7 Å². The van der Waals surface area contributed by atoms with Gasteiger partial charge >= 0.3 is 0 Å². The summed E-state index contributed by atoms with van der Waals surface area (Å²) in [7, 11) is 1.60. The molecule has 1 N–H and O–H groups in total. The smallest absolute Gasteiger partial charge is 0.271 e. The lowest BCUT2D eigenvalue weighted by atomic mass is 10.2. The molecule has 102 valence electrons. The van der Waals surface area contributed by atoms with Crippen molar-refractivity contribution in [1.82, 2.24) is 15.1 Å². The number of hydrogen-bond acceptors (Lipinski definition) is 2. The van der Waals surface area contributed by atoms with Gasteiger partial charge < -0.3 is 5.32 Å². The average molecular weight is 259 g/mol. The van der Waals surface area contributed by atoms with Crippen molar-refractivity contribution in [1.29, 1.82) is 0 Å². The summed E-state index contributed by atoms with van der Waals surface area (Å²) in [5.74, 6) is -0.168. The SMILES string of the molecule is CC.CNC(=O)c1cc(C)n(-c2ccc(C)cc2)n1. The van der Waals surface area contributed by atoms with E-state index in [1.165, 1.54) is 5.56 Å². The molecule has 4 nitrogen and oxygen atoms in total. The van der Waals surface area contributed by atoms with Gasteiger partial charge in [0.15, 0.2) is 5.69 Å². The van der Waals surface area contributed by atoms with Crippen molar-refractivity contribution < 1.29 is 4.79 Å². The fourth-order valence-electron chi connectivity index (χ4n) is 1.66. The number of aromatic nitrogens is 2. The lowest BCUT2D eigenvalue weighted by Gasteiger charge is -2.04. The molecule has 1 amide bonds.